The van der Waals surface area contributed by atoms with Gasteiger partial charge in [0.1, 0.15) is 0 Å². The van der Waals surface area contributed by atoms with Crippen LogP contribution in [0.1, 0.15) is 6.42 Å². The molecule has 0 radical (unpaired) electrons. The molecule has 5 aliphatic carbocycles. The molecule has 5 saturated carbocycles. The Morgan fingerprint density at radius 1 is 0.615 bits per heavy atom. The maximum Gasteiger partial charge on any atom is 0.0609 e. The maximum absolute atomic E-state index is 10.1. The summed E-state index contributed by atoms with van der Waals surface area (Å²) in [4.78, 5) is 0. The Bertz CT molecular complexity index is 281. The highest BCUT2D eigenvalue weighted by Crippen LogP contribution is 2.82. The van der Waals surface area contributed by atoms with E-state index >= 15 is 0 Å². The Morgan fingerprint density at radius 2 is 1.08 bits per heavy atom. The Morgan fingerprint density at radius 3 is 1.54 bits per heavy atom. The van der Waals surface area contributed by atoms with Crippen LogP contribution in [0.5, 0.6) is 0 Å². The zero-order chi connectivity index (χ0) is 8.48. The van der Waals surface area contributed by atoms with Crippen molar-refractivity contribution in [3.05, 3.63) is 0 Å². The molecule has 2 N–H and O–H groups in total. The van der Waals surface area contributed by atoms with Gasteiger partial charge in [-0.25, -0.2) is 0 Å². The molecule has 70 valence electrons. The number of fused-ring (bicyclic) bond motifs is 2. The Labute approximate surface area is 76.9 Å². The predicted molar refractivity (Wildman–Crippen MR) is 44.6 cm³/mol. The molecule has 5 aliphatic rings. The SMILES string of the molecule is O[C@@H]1C2C3CC4C5C3C1C5[C@@H](O)C42. The highest BCUT2D eigenvalue weighted by molar-refractivity contribution is 5.30. The quantitative estimate of drug-likeness (QED) is 0.552. The van der Waals surface area contributed by atoms with Gasteiger partial charge in [-0.05, 0) is 53.8 Å². The molecule has 0 heterocycles. The van der Waals surface area contributed by atoms with Crippen molar-refractivity contribution < 1.29 is 10.2 Å². The van der Waals surface area contributed by atoms with Gasteiger partial charge in [-0.15, -0.1) is 0 Å². The third kappa shape index (κ3) is 0.375. The lowest BCUT2D eigenvalue weighted by Crippen LogP contribution is -2.51. The first-order valence-corrected chi connectivity index (χ1v) is 5.67. The van der Waals surface area contributed by atoms with Crippen molar-refractivity contribution >= 4 is 0 Å². The number of hydrogen-bond acceptors (Lipinski definition) is 2. The highest BCUT2D eigenvalue weighted by atomic mass is 16.3. The predicted octanol–water partition coefficient (Wildman–Crippen LogP) is 0.0959. The molecule has 0 spiro atoms. The van der Waals surface area contributed by atoms with E-state index in [0.29, 0.717) is 23.7 Å². The Kier molecular flexibility index (Phi) is 0.733. The summed E-state index contributed by atoms with van der Waals surface area (Å²) in [5.74, 6) is 5.33. The zero-order valence-electron chi connectivity index (χ0n) is 7.38. The molecule has 10 atom stereocenters. The van der Waals surface area contributed by atoms with Gasteiger partial charge >= 0.3 is 0 Å². The molecule has 13 heavy (non-hydrogen) atoms. The molecule has 2 heteroatoms. The molecule has 0 amide bonds. The van der Waals surface area contributed by atoms with Gasteiger partial charge in [-0.2, -0.15) is 0 Å². The lowest BCUT2D eigenvalue weighted by molar-refractivity contribution is -0.109. The Balaban J connectivity index is 1.83. The van der Waals surface area contributed by atoms with E-state index in [9.17, 15) is 10.2 Å². The summed E-state index contributed by atoms with van der Waals surface area (Å²) in [5, 5.41) is 20.2. The second kappa shape index (κ2) is 1.49. The number of rotatable bonds is 0. The molecule has 2 bridgehead atoms. The molecular formula is C11H14O2. The number of aliphatic hydroxyl groups excluding tert-OH is 2. The monoisotopic (exact) mass is 178 g/mol. The molecule has 0 aliphatic heterocycles. The molecule has 5 fully saturated rings. The summed E-state index contributed by atoms with van der Waals surface area (Å²) in [7, 11) is 0. The molecular weight excluding hydrogens is 164 g/mol. The van der Waals surface area contributed by atoms with Gasteiger partial charge in [-0.1, -0.05) is 0 Å². The summed E-state index contributed by atoms with van der Waals surface area (Å²) in [6.07, 6.45) is 1.28. The van der Waals surface area contributed by atoms with E-state index in [-0.39, 0.29) is 12.2 Å². The second-order valence-electron chi connectivity index (χ2n) is 6.01. The van der Waals surface area contributed by atoms with Crippen LogP contribution in [0.15, 0.2) is 0 Å². The van der Waals surface area contributed by atoms with Crippen molar-refractivity contribution in [2.45, 2.75) is 18.6 Å². The average Bonchev–Trinajstić information content (AvgIpc) is 2.52. The molecule has 0 aromatic carbocycles. The highest BCUT2D eigenvalue weighted by Gasteiger charge is 2.83. The fourth-order valence-corrected chi connectivity index (χ4v) is 6.44. The molecule has 5 rings (SSSR count). The van der Waals surface area contributed by atoms with Crippen LogP contribution in [0.3, 0.4) is 0 Å². The van der Waals surface area contributed by atoms with Crippen LogP contribution in [0.25, 0.3) is 0 Å². The molecule has 0 saturated heterocycles. The van der Waals surface area contributed by atoms with E-state index < -0.39 is 0 Å². The van der Waals surface area contributed by atoms with E-state index in [1.807, 2.05) is 0 Å². The second-order valence-corrected chi connectivity index (χ2v) is 6.01. The van der Waals surface area contributed by atoms with Gasteiger partial charge in [-0.3, -0.25) is 0 Å². The van der Waals surface area contributed by atoms with Crippen molar-refractivity contribution in [1.29, 1.82) is 0 Å². The van der Waals surface area contributed by atoms with Crippen LogP contribution in [0.2, 0.25) is 0 Å². The normalized spacial score (nSPS) is 85.4. The van der Waals surface area contributed by atoms with Crippen LogP contribution in [-0.4, -0.2) is 22.4 Å². The lowest BCUT2D eigenvalue weighted by atomic mass is 9.58. The van der Waals surface area contributed by atoms with E-state index in [2.05, 4.69) is 0 Å². The summed E-state index contributed by atoms with van der Waals surface area (Å²) in [6, 6.07) is 0. The van der Waals surface area contributed by atoms with Gasteiger partial charge in [0.2, 0.25) is 0 Å². The van der Waals surface area contributed by atoms with Crippen LogP contribution < -0.4 is 0 Å². The van der Waals surface area contributed by atoms with Crippen LogP contribution in [0.4, 0.5) is 0 Å². The van der Waals surface area contributed by atoms with E-state index in [1.54, 1.807) is 0 Å². The van der Waals surface area contributed by atoms with Gasteiger partial charge in [0.25, 0.3) is 0 Å². The average molecular weight is 178 g/mol. The summed E-state index contributed by atoms with van der Waals surface area (Å²) >= 11 is 0. The molecule has 8 unspecified atom stereocenters. The summed E-state index contributed by atoms with van der Waals surface area (Å²) in [6.45, 7) is 0. The largest absolute Gasteiger partial charge is 0.393 e. The molecule has 2 nitrogen and oxygen atoms in total. The van der Waals surface area contributed by atoms with Crippen molar-refractivity contribution in [2.75, 3.05) is 0 Å². The first-order valence-electron chi connectivity index (χ1n) is 5.67. The first-order chi connectivity index (χ1) is 6.30. The van der Waals surface area contributed by atoms with Crippen molar-refractivity contribution in [3.8, 4) is 0 Å². The van der Waals surface area contributed by atoms with Gasteiger partial charge < -0.3 is 10.2 Å². The van der Waals surface area contributed by atoms with E-state index in [1.165, 1.54) is 6.42 Å². The standard InChI is InChI=1S/C11H14O2/c12-10-6-2-1-3-5-4(2)8(10)9(5)11(13)7(3)6/h2-13H,1H2/t2?,3?,4?,5?,6?,7?,8?,9?,10-,11+. The van der Waals surface area contributed by atoms with E-state index in [0.717, 1.165) is 23.7 Å². The zero-order valence-corrected chi connectivity index (χ0v) is 7.38. The fourth-order valence-electron chi connectivity index (χ4n) is 6.44. The Hall–Kier alpha value is -0.0800. The number of hydrogen-bond donors (Lipinski definition) is 2. The minimum absolute atomic E-state index is 0.0304. The van der Waals surface area contributed by atoms with Gasteiger partial charge in [0.05, 0.1) is 12.2 Å². The third-order valence-corrected chi connectivity index (χ3v) is 6.32. The maximum atomic E-state index is 10.1. The van der Waals surface area contributed by atoms with Gasteiger partial charge in [0.15, 0.2) is 0 Å². The number of aliphatic hydroxyl groups is 2. The van der Waals surface area contributed by atoms with Gasteiger partial charge in [0, 0.05) is 0 Å². The van der Waals surface area contributed by atoms with Crippen LogP contribution >= 0.6 is 0 Å². The third-order valence-electron chi connectivity index (χ3n) is 6.32. The van der Waals surface area contributed by atoms with Crippen LogP contribution in [-0.2, 0) is 0 Å². The minimum Gasteiger partial charge on any atom is -0.393 e. The molecule has 0 aromatic heterocycles. The summed E-state index contributed by atoms with van der Waals surface area (Å²) < 4.78 is 0. The molecule has 0 aromatic rings. The minimum atomic E-state index is -0.0304. The van der Waals surface area contributed by atoms with E-state index in [4.69, 9.17) is 0 Å². The van der Waals surface area contributed by atoms with Crippen molar-refractivity contribution in [3.63, 3.8) is 0 Å². The van der Waals surface area contributed by atoms with Crippen molar-refractivity contribution in [1.82, 2.24) is 0 Å². The lowest BCUT2D eigenvalue weighted by Gasteiger charge is -2.47. The van der Waals surface area contributed by atoms with Crippen LogP contribution in [0, 0.1) is 47.3 Å². The smallest absolute Gasteiger partial charge is 0.0609 e. The summed E-state index contributed by atoms with van der Waals surface area (Å²) in [5.41, 5.74) is 0. The van der Waals surface area contributed by atoms with Crippen molar-refractivity contribution in [2.24, 2.45) is 47.3 Å². The topological polar surface area (TPSA) is 40.5 Å². The fraction of sp³-hybridized carbons (Fsp3) is 1.00. The first kappa shape index (κ1) is 6.41.